The molecule has 22 heavy (non-hydrogen) atoms. The standard InChI is InChI=1S/C18H26N2O2/c19-12-16-5-2-1-4-14(16)6-3-7-18(21)22-17-13-20-10-8-15(17)9-11-20/h1-2,4-5,15,17H,3,6-13,19H2/t17-/m0/s1. The maximum Gasteiger partial charge on any atom is 0.306 e. The van der Waals surface area contributed by atoms with Gasteiger partial charge in [-0.2, -0.15) is 0 Å². The van der Waals surface area contributed by atoms with Crippen LogP contribution in [-0.2, 0) is 22.5 Å². The molecule has 4 nitrogen and oxygen atoms in total. The third-order valence-electron chi connectivity index (χ3n) is 5.04. The molecule has 0 aliphatic carbocycles. The number of hydrogen-bond acceptors (Lipinski definition) is 4. The van der Waals surface area contributed by atoms with E-state index in [2.05, 4.69) is 17.0 Å². The Bertz CT molecular complexity index is 510. The molecule has 0 radical (unpaired) electrons. The highest BCUT2D eigenvalue weighted by atomic mass is 16.5. The van der Waals surface area contributed by atoms with E-state index >= 15 is 0 Å². The first-order valence-electron chi connectivity index (χ1n) is 8.45. The van der Waals surface area contributed by atoms with Crippen molar-refractivity contribution < 1.29 is 9.53 Å². The zero-order chi connectivity index (χ0) is 15.4. The van der Waals surface area contributed by atoms with Gasteiger partial charge in [-0.25, -0.2) is 0 Å². The van der Waals surface area contributed by atoms with E-state index in [-0.39, 0.29) is 12.1 Å². The van der Waals surface area contributed by atoms with Gasteiger partial charge in [-0.3, -0.25) is 9.69 Å². The van der Waals surface area contributed by atoms with Gasteiger partial charge in [0.15, 0.2) is 0 Å². The first-order valence-corrected chi connectivity index (χ1v) is 8.45. The van der Waals surface area contributed by atoms with Crippen LogP contribution in [0.5, 0.6) is 0 Å². The normalized spacial score (nSPS) is 26.9. The van der Waals surface area contributed by atoms with Crippen LogP contribution in [0.3, 0.4) is 0 Å². The van der Waals surface area contributed by atoms with Crippen LogP contribution in [0.4, 0.5) is 0 Å². The summed E-state index contributed by atoms with van der Waals surface area (Å²) >= 11 is 0. The molecule has 2 N–H and O–H groups in total. The number of fused-ring (bicyclic) bond motifs is 3. The number of nitrogens with two attached hydrogens (primary N) is 1. The molecular formula is C18H26N2O2. The molecule has 0 amide bonds. The molecule has 3 saturated heterocycles. The topological polar surface area (TPSA) is 55.6 Å². The molecule has 3 aliphatic heterocycles. The van der Waals surface area contributed by atoms with Gasteiger partial charge >= 0.3 is 5.97 Å². The Balaban J connectivity index is 1.43. The van der Waals surface area contributed by atoms with Crippen LogP contribution in [0.2, 0.25) is 0 Å². The second-order valence-corrected chi connectivity index (χ2v) is 6.49. The molecule has 1 aromatic carbocycles. The Morgan fingerprint density at radius 1 is 1.23 bits per heavy atom. The van der Waals surface area contributed by atoms with Crippen molar-refractivity contribution in [1.82, 2.24) is 4.90 Å². The molecule has 4 rings (SSSR count). The number of benzene rings is 1. The molecule has 120 valence electrons. The molecule has 1 atom stereocenters. The maximum atomic E-state index is 12.1. The fourth-order valence-electron chi connectivity index (χ4n) is 3.70. The number of hydrogen-bond donors (Lipinski definition) is 1. The number of carbonyl (C=O) groups excluding carboxylic acids is 1. The van der Waals surface area contributed by atoms with Gasteiger partial charge in [0.25, 0.3) is 0 Å². The van der Waals surface area contributed by atoms with Gasteiger partial charge < -0.3 is 10.5 Å². The van der Waals surface area contributed by atoms with E-state index in [0.717, 1.165) is 19.4 Å². The molecule has 3 fully saturated rings. The minimum Gasteiger partial charge on any atom is -0.461 e. The van der Waals surface area contributed by atoms with Crippen LogP contribution in [0, 0.1) is 5.92 Å². The number of esters is 1. The third-order valence-corrected chi connectivity index (χ3v) is 5.04. The van der Waals surface area contributed by atoms with Gasteiger partial charge in [0.05, 0.1) is 0 Å². The van der Waals surface area contributed by atoms with Gasteiger partial charge in [-0.05, 0) is 55.8 Å². The molecule has 4 heteroatoms. The summed E-state index contributed by atoms with van der Waals surface area (Å²) in [5.74, 6) is 0.552. The Hall–Kier alpha value is -1.39. The van der Waals surface area contributed by atoms with Crippen LogP contribution in [0.15, 0.2) is 24.3 Å². The van der Waals surface area contributed by atoms with Gasteiger partial charge in [0.2, 0.25) is 0 Å². The highest BCUT2D eigenvalue weighted by Gasteiger charge is 2.36. The quantitative estimate of drug-likeness (QED) is 0.818. The van der Waals surface area contributed by atoms with Gasteiger partial charge in [0, 0.05) is 19.5 Å². The van der Waals surface area contributed by atoms with Crippen LogP contribution in [0.1, 0.15) is 36.8 Å². The summed E-state index contributed by atoms with van der Waals surface area (Å²) < 4.78 is 5.71. The number of carbonyl (C=O) groups is 1. The molecule has 1 aromatic rings. The first kappa shape index (κ1) is 15.5. The minimum absolute atomic E-state index is 0.0380. The third kappa shape index (κ3) is 3.68. The van der Waals surface area contributed by atoms with Crippen molar-refractivity contribution in [3.8, 4) is 0 Å². The van der Waals surface area contributed by atoms with Gasteiger partial charge in [0.1, 0.15) is 6.10 Å². The number of rotatable bonds is 6. The number of piperidine rings is 3. The lowest BCUT2D eigenvalue weighted by Gasteiger charge is -2.43. The lowest BCUT2D eigenvalue weighted by Crippen LogP contribution is -2.51. The molecule has 0 saturated carbocycles. The zero-order valence-corrected chi connectivity index (χ0v) is 13.2. The summed E-state index contributed by atoms with van der Waals surface area (Å²) in [6.45, 7) is 3.84. The van der Waals surface area contributed by atoms with Crippen LogP contribution in [-0.4, -0.2) is 36.6 Å². The Kier molecular flexibility index (Phi) is 5.11. The van der Waals surface area contributed by atoms with E-state index in [1.165, 1.54) is 37.1 Å². The Labute approximate surface area is 132 Å². The van der Waals surface area contributed by atoms with Crippen LogP contribution < -0.4 is 5.73 Å². The average molecular weight is 302 g/mol. The second-order valence-electron chi connectivity index (χ2n) is 6.49. The summed E-state index contributed by atoms with van der Waals surface area (Å²) in [6, 6.07) is 8.19. The molecular weight excluding hydrogens is 276 g/mol. The maximum absolute atomic E-state index is 12.1. The van der Waals surface area contributed by atoms with E-state index in [4.69, 9.17) is 10.5 Å². The summed E-state index contributed by atoms with van der Waals surface area (Å²) in [6.07, 6.45) is 4.72. The Morgan fingerprint density at radius 3 is 2.59 bits per heavy atom. The van der Waals surface area contributed by atoms with E-state index in [1.807, 2.05) is 12.1 Å². The smallest absolute Gasteiger partial charge is 0.306 e. The van der Waals surface area contributed by atoms with Gasteiger partial charge in [-0.1, -0.05) is 24.3 Å². The first-order chi connectivity index (χ1) is 10.8. The lowest BCUT2D eigenvalue weighted by atomic mass is 9.86. The van der Waals surface area contributed by atoms with E-state index in [1.54, 1.807) is 0 Å². The summed E-state index contributed by atoms with van der Waals surface area (Å²) in [5.41, 5.74) is 8.17. The van der Waals surface area contributed by atoms with Crippen molar-refractivity contribution in [3.63, 3.8) is 0 Å². The van der Waals surface area contributed by atoms with Crippen molar-refractivity contribution in [3.05, 3.63) is 35.4 Å². The van der Waals surface area contributed by atoms with Crippen LogP contribution in [0.25, 0.3) is 0 Å². The summed E-state index contributed by atoms with van der Waals surface area (Å²) in [7, 11) is 0. The van der Waals surface area contributed by atoms with Gasteiger partial charge in [-0.15, -0.1) is 0 Å². The predicted octanol–water partition coefficient (Wildman–Crippen LogP) is 2.11. The highest BCUT2D eigenvalue weighted by molar-refractivity contribution is 5.69. The van der Waals surface area contributed by atoms with Crippen molar-refractivity contribution in [2.75, 3.05) is 19.6 Å². The molecule has 0 spiro atoms. The Morgan fingerprint density at radius 2 is 1.95 bits per heavy atom. The number of ether oxygens (including phenoxy) is 1. The fourth-order valence-corrected chi connectivity index (χ4v) is 3.70. The largest absolute Gasteiger partial charge is 0.461 e. The lowest BCUT2D eigenvalue weighted by molar-refractivity contribution is -0.158. The fraction of sp³-hybridized carbons (Fsp3) is 0.611. The monoisotopic (exact) mass is 302 g/mol. The van der Waals surface area contributed by atoms with Crippen molar-refractivity contribution in [2.45, 2.75) is 44.8 Å². The summed E-state index contributed by atoms with van der Waals surface area (Å²) in [4.78, 5) is 14.5. The van der Waals surface area contributed by atoms with Crippen molar-refractivity contribution in [1.29, 1.82) is 0 Å². The van der Waals surface area contributed by atoms with Crippen molar-refractivity contribution in [2.24, 2.45) is 11.7 Å². The molecule has 0 aromatic heterocycles. The second kappa shape index (κ2) is 7.25. The summed E-state index contributed by atoms with van der Waals surface area (Å²) in [5, 5.41) is 0. The molecule has 2 bridgehead atoms. The van der Waals surface area contributed by atoms with E-state index in [0.29, 0.717) is 18.9 Å². The molecule has 3 aliphatic rings. The minimum atomic E-state index is -0.0380. The SMILES string of the molecule is NCc1ccccc1CCCC(=O)O[C@H]1CN2CCC1CC2. The zero-order valence-electron chi connectivity index (χ0n) is 13.2. The number of aryl methyl sites for hydroxylation is 1. The van der Waals surface area contributed by atoms with Crippen LogP contribution >= 0.6 is 0 Å². The highest BCUT2D eigenvalue weighted by Crippen LogP contribution is 2.29. The predicted molar refractivity (Wildman–Crippen MR) is 86.3 cm³/mol. The number of nitrogens with zero attached hydrogens (tertiary/aromatic N) is 1. The van der Waals surface area contributed by atoms with E-state index < -0.39 is 0 Å². The van der Waals surface area contributed by atoms with E-state index in [9.17, 15) is 4.79 Å². The molecule has 0 unspecified atom stereocenters. The van der Waals surface area contributed by atoms with Crippen molar-refractivity contribution >= 4 is 5.97 Å². The average Bonchev–Trinajstić information content (AvgIpc) is 2.56. The molecule has 3 heterocycles.